The van der Waals surface area contributed by atoms with Gasteiger partial charge in [0.25, 0.3) is 0 Å². The van der Waals surface area contributed by atoms with Crippen molar-refractivity contribution in [3.05, 3.63) is 65.7 Å². The third-order valence-electron chi connectivity index (χ3n) is 4.43. The number of halogens is 1. The van der Waals surface area contributed by atoms with Crippen LogP contribution in [0.25, 0.3) is 0 Å². The molecule has 122 valence electrons. The van der Waals surface area contributed by atoms with Gasteiger partial charge in [-0.25, -0.2) is 0 Å². The van der Waals surface area contributed by atoms with Gasteiger partial charge in [0.2, 0.25) is 0 Å². The summed E-state index contributed by atoms with van der Waals surface area (Å²) in [6.07, 6.45) is 3.43. The van der Waals surface area contributed by atoms with Gasteiger partial charge >= 0.3 is 0 Å². The number of aliphatic imine (C=N–C) groups is 1. The van der Waals surface area contributed by atoms with Crippen molar-refractivity contribution in [2.24, 2.45) is 10.7 Å². The average Bonchev–Trinajstić information content (AvgIpc) is 3.36. The summed E-state index contributed by atoms with van der Waals surface area (Å²) in [6, 6.07) is 18.9. The summed E-state index contributed by atoms with van der Waals surface area (Å²) in [7, 11) is 0. The van der Waals surface area contributed by atoms with E-state index in [4.69, 9.17) is 5.73 Å². The smallest absolute Gasteiger partial charge is 0.193 e. The molecule has 2 aromatic rings. The van der Waals surface area contributed by atoms with Gasteiger partial charge < -0.3 is 11.1 Å². The van der Waals surface area contributed by atoms with Crippen LogP contribution >= 0.6 is 24.0 Å². The number of rotatable bonds is 5. The Bertz CT molecular complexity index is 646. The molecular weight excluding hydrogens is 397 g/mol. The van der Waals surface area contributed by atoms with Gasteiger partial charge in [-0.2, -0.15) is 0 Å². The van der Waals surface area contributed by atoms with E-state index in [2.05, 4.69) is 59.7 Å². The van der Waals surface area contributed by atoms with Gasteiger partial charge in [-0.15, -0.1) is 24.0 Å². The van der Waals surface area contributed by atoms with Gasteiger partial charge in [-0.05, 0) is 42.5 Å². The predicted molar refractivity (Wildman–Crippen MR) is 109 cm³/mol. The van der Waals surface area contributed by atoms with E-state index in [0.29, 0.717) is 5.96 Å². The van der Waals surface area contributed by atoms with Crippen LogP contribution in [0.4, 0.5) is 5.69 Å². The lowest BCUT2D eigenvalue weighted by Crippen LogP contribution is -2.24. The number of nitrogens with zero attached hydrogens (tertiary/aromatic N) is 1. The molecule has 0 heterocycles. The highest BCUT2D eigenvalue weighted by molar-refractivity contribution is 14.0. The summed E-state index contributed by atoms with van der Waals surface area (Å²) >= 11 is 0. The third-order valence-corrected chi connectivity index (χ3v) is 4.43. The fourth-order valence-electron chi connectivity index (χ4n) is 2.73. The van der Waals surface area contributed by atoms with Gasteiger partial charge in [0.05, 0.1) is 6.54 Å². The minimum atomic E-state index is 0. The van der Waals surface area contributed by atoms with Crippen molar-refractivity contribution in [3.8, 4) is 0 Å². The molecule has 0 aromatic heterocycles. The van der Waals surface area contributed by atoms with Crippen LogP contribution in [-0.4, -0.2) is 12.5 Å². The molecule has 3 rings (SSSR count). The van der Waals surface area contributed by atoms with Crippen LogP contribution in [0.15, 0.2) is 59.6 Å². The molecule has 23 heavy (non-hydrogen) atoms. The maximum absolute atomic E-state index is 6.03. The summed E-state index contributed by atoms with van der Waals surface area (Å²) in [4.78, 5) is 4.56. The molecular formula is C19H24IN3. The molecule has 1 fully saturated rings. The summed E-state index contributed by atoms with van der Waals surface area (Å²) in [5.74, 6) is 0.492. The molecule has 0 amide bonds. The second kappa shape index (κ2) is 7.81. The quantitative estimate of drug-likeness (QED) is 0.429. The summed E-state index contributed by atoms with van der Waals surface area (Å²) < 4.78 is 0. The largest absolute Gasteiger partial charge is 0.370 e. The predicted octanol–water partition coefficient (Wildman–Crippen LogP) is 4.33. The molecule has 1 saturated carbocycles. The van der Waals surface area contributed by atoms with E-state index in [1.807, 2.05) is 12.1 Å². The molecule has 1 aliphatic carbocycles. The van der Waals surface area contributed by atoms with Crippen molar-refractivity contribution < 1.29 is 0 Å². The molecule has 0 saturated heterocycles. The molecule has 0 spiro atoms. The molecule has 0 bridgehead atoms. The molecule has 4 heteroatoms. The van der Waals surface area contributed by atoms with Crippen LogP contribution in [-0.2, 0) is 11.8 Å². The lowest BCUT2D eigenvalue weighted by Gasteiger charge is -2.13. The van der Waals surface area contributed by atoms with Crippen LogP contribution in [0.5, 0.6) is 0 Å². The second-order valence-electron chi connectivity index (χ2n) is 6.02. The standard InChI is InChI=1S/C19H23N3.HI/c1-2-15-8-10-17(11-9-15)22-18(20)21-14-19(12-13-19)16-6-4-3-5-7-16;/h3-11H,2,12-14H2,1H3,(H3,20,21,22);1H. The first kappa shape index (κ1) is 17.8. The first-order valence-corrected chi connectivity index (χ1v) is 7.93. The minimum Gasteiger partial charge on any atom is -0.370 e. The van der Waals surface area contributed by atoms with Crippen LogP contribution < -0.4 is 11.1 Å². The molecule has 0 atom stereocenters. The zero-order valence-corrected chi connectivity index (χ0v) is 15.8. The van der Waals surface area contributed by atoms with Crippen molar-refractivity contribution in [1.29, 1.82) is 0 Å². The summed E-state index contributed by atoms with van der Waals surface area (Å²) in [6.45, 7) is 2.90. The number of anilines is 1. The number of aryl methyl sites for hydroxylation is 1. The first-order valence-electron chi connectivity index (χ1n) is 7.93. The highest BCUT2D eigenvalue weighted by Gasteiger charge is 2.43. The zero-order valence-electron chi connectivity index (χ0n) is 13.5. The Hall–Kier alpha value is -1.56. The molecule has 3 N–H and O–H groups in total. The van der Waals surface area contributed by atoms with Crippen molar-refractivity contribution in [2.75, 3.05) is 11.9 Å². The summed E-state index contributed by atoms with van der Waals surface area (Å²) in [5.41, 5.74) is 9.92. The maximum Gasteiger partial charge on any atom is 0.193 e. The van der Waals surface area contributed by atoms with Gasteiger partial charge in [0.1, 0.15) is 0 Å². The van der Waals surface area contributed by atoms with E-state index in [0.717, 1.165) is 18.7 Å². The molecule has 1 aliphatic rings. The van der Waals surface area contributed by atoms with Gasteiger partial charge in [-0.1, -0.05) is 49.4 Å². The van der Waals surface area contributed by atoms with Crippen LogP contribution in [0.3, 0.4) is 0 Å². The fourth-order valence-corrected chi connectivity index (χ4v) is 2.73. The highest BCUT2D eigenvalue weighted by Crippen LogP contribution is 2.48. The Labute approximate surface area is 155 Å². The van der Waals surface area contributed by atoms with E-state index in [-0.39, 0.29) is 29.4 Å². The van der Waals surface area contributed by atoms with Crippen LogP contribution in [0.1, 0.15) is 30.9 Å². The lowest BCUT2D eigenvalue weighted by atomic mass is 9.96. The van der Waals surface area contributed by atoms with Crippen molar-refractivity contribution in [2.45, 2.75) is 31.6 Å². The Morgan fingerprint density at radius 2 is 1.74 bits per heavy atom. The lowest BCUT2D eigenvalue weighted by molar-refractivity contribution is 0.705. The number of hydrogen-bond acceptors (Lipinski definition) is 1. The number of benzene rings is 2. The third kappa shape index (κ3) is 4.47. The van der Waals surface area contributed by atoms with Crippen molar-refractivity contribution in [3.63, 3.8) is 0 Å². The maximum atomic E-state index is 6.03. The van der Waals surface area contributed by atoms with Crippen molar-refractivity contribution >= 4 is 35.6 Å². The summed E-state index contributed by atoms with van der Waals surface area (Å²) in [5, 5.41) is 3.17. The minimum absolute atomic E-state index is 0. The Morgan fingerprint density at radius 3 is 2.30 bits per heavy atom. The molecule has 2 aromatic carbocycles. The Kier molecular flexibility index (Phi) is 6.04. The van der Waals surface area contributed by atoms with E-state index >= 15 is 0 Å². The topological polar surface area (TPSA) is 50.4 Å². The normalized spacial score (nSPS) is 15.6. The van der Waals surface area contributed by atoms with Gasteiger partial charge in [-0.3, -0.25) is 4.99 Å². The highest BCUT2D eigenvalue weighted by atomic mass is 127. The molecule has 3 nitrogen and oxygen atoms in total. The fraction of sp³-hybridized carbons (Fsp3) is 0.316. The molecule has 0 aliphatic heterocycles. The van der Waals surface area contributed by atoms with E-state index < -0.39 is 0 Å². The second-order valence-corrected chi connectivity index (χ2v) is 6.02. The Morgan fingerprint density at radius 1 is 1.09 bits per heavy atom. The number of nitrogens with one attached hydrogen (secondary N) is 1. The SMILES string of the molecule is CCc1ccc(NC(N)=NCC2(c3ccccc3)CC2)cc1.I. The average molecular weight is 421 g/mol. The Balaban J connectivity index is 0.00000192. The van der Waals surface area contributed by atoms with E-state index in [1.54, 1.807) is 0 Å². The monoisotopic (exact) mass is 421 g/mol. The zero-order chi connectivity index (χ0) is 15.4. The number of guanidine groups is 1. The molecule has 0 unspecified atom stereocenters. The van der Waals surface area contributed by atoms with E-state index in [9.17, 15) is 0 Å². The first-order chi connectivity index (χ1) is 10.7. The van der Waals surface area contributed by atoms with Gasteiger partial charge in [0, 0.05) is 11.1 Å². The number of hydrogen-bond donors (Lipinski definition) is 2. The van der Waals surface area contributed by atoms with Crippen molar-refractivity contribution in [1.82, 2.24) is 0 Å². The molecule has 0 radical (unpaired) electrons. The van der Waals surface area contributed by atoms with E-state index in [1.165, 1.54) is 24.0 Å². The van der Waals surface area contributed by atoms with Gasteiger partial charge in [0.15, 0.2) is 5.96 Å². The number of nitrogens with two attached hydrogens (primary N) is 1. The van der Waals surface area contributed by atoms with Crippen LogP contribution in [0, 0.1) is 0 Å². The van der Waals surface area contributed by atoms with Crippen LogP contribution in [0.2, 0.25) is 0 Å².